The lowest BCUT2D eigenvalue weighted by Crippen LogP contribution is -2.52. The van der Waals surface area contributed by atoms with Crippen LogP contribution in [0.1, 0.15) is 19.7 Å². The molecule has 2 aromatic rings. The Kier molecular flexibility index (Phi) is 6.11. The number of benzene rings is 1. The van der Waals surface area contributed by atoms with Crippen molar-refractivity contribution < 1.29 is 9.53 Å². The summed E-state index contributed by atoms with van der Waals surface area (Å²) in [5.41, 5.74) is 0. The van der Waals surface area contributed by atoms with Gasteiger partial charge in [0.15, 0.2) is 6.10 Å². The summed E-state index contributed by atoms with van der Waals surface area (Å²) in [6.07, 6.45) is -0.499. The highest BCUT2D eigenvalue weighted by Crippen LogP contribution is 2.19. The molecule has 2 heterocycles. The molecule has 0 saturated carbocycles. The van der Waals surface area contributed by atoms with Crippen LogP contribution in [0.2, 0.25) is 0 Å². The maximum absolute atomic E-state index is 12.7. The highest BCUT2D eigenvalue weighted by Gasteiger charge is 2.26. The molecule has 1 aromatic heterocycles. The van der Waals surface area contributed by atoms with E-state index in [4.69, 9.17) is 4.74 Å². The zero-order chi connectivity index (χ0) is 19.2. The van der Waals surface area contributed by atoms with Gasteiger partial charge in [0.25, 0.3) is 5.91 Å². The van der Waals surface area contributed by atoms with Gasteiger partial charge in [0, 0.05) is 38.8 Å². The van der Waals surface area contributed by atoms with Crippen LogP contribution < -0.4 is 15.0 Å². The first-order valence-corrected chi connectivity index (χ1v) is 9.42. The zero-order valence-electron chi connectivity index (χ0n) is 16.2. The van der Waals surface area contributed by atoms with Crippen molar-refractivity contribution in [3.8, 4) is 5.75 Å². The van der Waals surface area contributed by atoms with E-state index in [1.165, 1.54) is 0 Å². The fourth-order valence-corrected chi connectivity index (χ4v) is 3.15. The molecule has 3 rings (SSSR count). The molecule has 1 amide bonds. The number of aryl methyl sites for hydroxylation is 1. The molecule has 1 saturated heterocycles. The van der Waals surface area contributed by atoms with E-state index in [9.17, 15) is 4.79 Å². The van der Waals surface area contributed by atoms with Gasteiger partial charge in [-0.3, -0.25) is 4.79 Å². The molecule has 1 aromatic carbocycles. The Morgan fingerprint density at radius 3 is 2.56 bits per heavy atom. The highest BCUT2D eigenvalue weighted by molar-refractivity contribution is 5.81. The van der Waals surface area contributed by atoms with E-state index < -0.39 is 6.10 Å². The van der Waals surface area contributed by atoms with Crippen LogP contribution >= 0.6 is 0 Å². The van der Waals surface area contributed by atoms with Gasteiger partial charge in [-0.2, -0.15) is 0 Å². The van der Waals surface area contributed by atoms with Gasteiger partial charge in [-0.15, -0.1) is 0 Å². The number of rotatable bonds is 6. The first-order valence-electron chi connectivity index (χ1n) is 9.42. The molecule has 144 valence electrons. The van der Waals surface area contributed by atoms with E-state index >= 15 is 0 Å². The van der Waals surface area contributed by atoms with Crippen LogP contribution in [0.25, 0.3) is 0 Å². The van der Waals surface area contributed by atoms with Crippen molar-refractivity contribution in [3.05, 3.63) is 42.2 Å². The first-order chi connectivity index (χ1) is 13.1. The van der Waals surface area contributed by atoms with Crippen LogP contribution in [0.15, 0.2) is 36.4 Å². The van der Waals surface area contributed by atoms with Gasteiger partial charge >= 0.3 is 0 Å². The molecule has 27 heavy (non-hydrogen) atoms. The Bertz CT molecular complexity index is 760. The third kappa shape index (κ3) is 4.87. The molecule has 1 aliphatic heterocycles. The second-order valence-corrected chi connectivity index (χ2v) is 6.57. The number of carbonyl (C=O) groups excluding carboxylic acids is 1. The number of ether oxygens (including phenoxy) is 1. The minimum absolute atomic E-state index is 0.0192. The Morgan fingerprint density at radius 2 is 1.89 bits per heavy atom. The summed E-state index contributed by atoms with van der Waals surface area (Å²) in [5, 5.41) is 3.23. The Morgan fingerprint density at radius 1 is 1.19 bits per heavy atom. The summed E-state index contributed by atoms with van der Waals surface area (Å²) in [5.74, 6) is 3.21. The van der Waals surface area contributed by atoms with Crippen LogP contribution in [0.3, 0.4) is 0 Å². The van der Waals surface area contributed by atoms with Crippen LogP contribution in [0.4, 0.5) is 11.6 Å². The van der Waals surface area contributed by atoms with E-state index in [1.54, 1.807) is 6.92 Å². The molecular formula is C20H27N5O2. The fraction of sp³-hybridized carbons (Fsp3) is 0.450. The van der Waals surface area contributed by atoms with E-state index in [2.05, 4.69) is 20.2 Å². The molecule has 1 N–H and O–H groups in total. The predicted molar refractivity (Wildman–Crippen MR) is 106 cm³/mol. The van der Waals surface area contributed by atoms with Crippen LogP contribution in [0.5, 0.6) is 5.75 Å². The zero-order valence-corrected chi connectivity index (χ0v) is 16.2. The van der Waals surface area contributed by atoms with Gasteiger partial charge < -0.3 is 19.9 Å². The normalized spacial score (nSPS) is 15.4. The van der Waals surface area contributed by atoms with Crippen LogP contribution in [-0.2, 0) is 4.79 Å². The van der Waals surface area contributed by atoms with E-state index in [-0.39, 0.29) is 5.91 Å². The molecule has 7 heteroatoms. The molecule has 0 radical (unpaired) electrons. The number of carbonyl (C=O) groups is 1. The number of amides is 1. The average molecular weight is 369 g/mol. The predicted octanol–water partition coefficient (Wildman–Crippen LogP) is 2.33. The van der Waals surface area contributed by atoms with E-state index in [0.29, 0.717) is 18.8 Å². The van der Waals surface area contributed by atoms with Gasteiger partial charge in [0.05, 0.1) is 0 Å². The molecule has 0 bridgehead atoms. The Labute approximate surface area is 160 Å². The van der Waals surface area contributed by atoms with Crippen molar-refractivity contribution in [2.24, 2.45) is 0 Å². The standard InChI is InChI=1S/C20H27N5O2/c1-4-21-18-14-19(23-16(3)22-18)24-10-12-25(13-11-24)20(26)15(2)27-17-8-6-5-7-9-17/h5-9,14-15H,4,10-13H2,1-3H3,(H,21,22,23). The fourth-order valence-electron chi connectivity index (χ4n) is 3.15. The number of para-hydroxylation sites is 1. The summed E-state index contributed by atoms with van der Waals surface area (Å²) in [6.45, 7) is 9.35. The topological polar surface area (TPSA) is 70.6 Å². The molecule has 7 nitrogen and oxygen atoms in total. The van der Waals surface area contributed by atoms with Crippen molar-refractivity contribution in [1.29, 1.82) is 0 Å². The molecule has 1 fully saturated rings. The molecule has 0 aliphatic carbocycles. The maximum Gasteiger partial charge on any atom is 0.263 e. The molecule has 1 unspecified atom stereocenters. The van der Waals surface area contributed by atoms with Crippen molar-refractivity contribution in [2.75, 3.05) is 42.9 Å². The van der Waals surface area contributed by atoms with Crippen molar-refractivity contribution in [2.45, 2.75) is 26.9 Å². The van der Waals surface area contributed by atoms with Crippen molar-refractivity contribution in [3.63, 3.8) is 0 Å². The second-order valence-electron chi connectivity index (χ2n) is 6.57. The first kappa shape index (κ1) is 18.9. The SMILES string of the molecule is CCNc1cc(N2CCN(C(=O)C(C)Oc3ccccc3)CC2)nc(C)n1. The number of hydrogen-bond acceptors (Lipinski definition) is 6. The Hall–Kier alpha value is -2.83. The molecule has 1 atom stereocenters. The summed E-state index contributed by atoms with van der Waals surface area (Å²) in [4.78, 5) is 25.7. The number of anilines is 2. The quantitative estimate of drug-likeness (QED) is 0.843. The number of hydrogen-bond donors (Lipinski definition) is 1. The van der Waals surface area contributed by atoms with E-state index in [1.807, 2.05) is 55.1 Å². The Balaban J connectivity index is 1.57. The lowest BCUT2D eigenvalue weighted by Gasteiger charge is -2.36. The van der Waals surface area contributed by atoms with Gasteiger partial charge in [0.1, 0.15) is 23.2 Å². The lowest BCUT2D eigenvalue weighted by atomic mass is 10.2. The second kappa shape index (κ2) is 8.70. The number of nitrogens with zero attached hydrogens (tertiary/aromatic N) is 4. The molecule has 1 aliphatic rings. The summed E-state index contributed by atoms with van der Waals surface area (Å²) in [7, 11) is 0. The summed E-state index contributed by atoms with van der Waals surface area (Å²) < 4.78 is 5.77. The van der Waals surface area contributed by atoms with Crippen LogP contribution in [0, 0.1) is 6.92 Å². The monoisotopic (exact) mass is 369 g/mol. The minimum Gasteiger partial charge on any atom is -0.481 e. The van der Waals surface area contributed by atoms with Crippen molar-refractivity contribution in [1.82, 2.24) is 14.9 Å². The van der Waals surface area contributed by atoms with Crippen molar-refractivity contribution >= 4 is 17.5 Å². The smallest absolute Gasteiger partial charge is 0.263 e. The van der Waals surface area contributed by atoms with Gasteiger partial charge in [0.2, 0.25) is 0 Å². The lowest BCUT2D eigenvalue weighted by molar-refractivity contribution is -0.138. The largest absolute Gasteiger partial charge is 0.481 e. The maximum atomic E-state index is 12.7. The highest BCUT2D eigenvalue weighted by atomic mass is 16.5. The third-order valence-electron chi connectivity index (χ3n) is 4.50. The molecular weight excluding hydrogens is 342 g/mol. The minimum atomic E-state index is -0.499. The number of nitrogens with one attached hydrogen (secondary N) is 1. The third-order valence-corrected chi connectivity index (χ3v) is 4.50. The number of piperazine rings is 1. The van der Waals surface area contributed by atoms with Gasteiger partial charge in [-0.25, -0.2) is 9.97 Å². The van der Waals surface area contributed by atoms with E-state index in [0.717, 1.165) is 37.1 Å². The summed E-state index contributed by atoms with van der Waals surface area (Å²) in [6, 6.07) is 11.4. The van der Waals surface area contributed by atoms with Gasteiger partial charge in [-0.1, -0.05) is 18.2 Å². The average Bonchev–Trinajstić information content (AvgIpc) is 2.68. The molecule has 0 spiro atoms. The van der Waals surface area contributed by atoms with Gasteiger partial charge in [-0.05, 0) is 32.9 Å². The summed E-state index contributed by atoms with van der Waals surface area (Å²) >= 11 is 0. The van der Waals surface area contributed by atoms with Crippen LogP contribution in [-0.4, -0.2) is 59.6 Å². The number of aromatic nitrogens is 2.